The average molecular weight is 380 g/mol. The number of methoxy groups -OCH3 is 1. The highest BCUT2D eigenvalue weighted by Crippen LogP contribution is 2.38. The van der Waals surface area contributed by atoms with Gasteiger partial charge in [-0.3, -0.25) is 4.79 Å². The molecule has 144 valence electrons. The van der Waals surface area contributed by atoms with Gasteiger partial charge in [-0.05, 0) is 37.1 Å². The number of hydrogen-bond donors (Lipinski definition) is 1. The van der Waals surface area contributed by atoms with Crippen LogP contribution in [0.2, 0.25) is 0 Å². The molecule has 0 aromatic carbocycles. The third-order valence-corrected chi connectivity index (χ3v) is 6.43. The molecule has 3 amide bonds. The van der Waals surface area contributed by atoms with E-state index in [2.05, 4.69) is 16.8 Å². The lowest BCUT2D eigenvalue weighted by atomic mass is 9.73. The number of carbonyl (C=O) groups excluding carboxylic acids is 2. The van der Waals surface area contributed by atoms with Crippen LogP contribution in [0.4, 0.5) is 4.79 Å². The zero-order chi connectivity index (χ0) is 18.4. The lowest BCUT2D eigenvalue weighted by molar-refractivity contribution is -0.139. The molecule has 26 heavy (non-hydrogen) atoms. The fourth-order valence-corrected chi connectivity index (χ4v) is 4.79. The molecule has 0 aliphatic carbocycles. The second-order valence-electron chi connectivity index (χ2n) is 7.39. The van der Waals surface area contributed by atoms with Gasteiger partial charge in [0.05, 0.1) is 6.61 Å². The molecule has 2 aliphatic heterocycles. The maximum absolute atomic E-state index is 12.6. The Bertz CT molecular complexity index is 607. The van der Waals surface area contributed by atoms with Crippen LogP contribution in [0, 0.1) is 5.41 Å². The van der Waals surface area contributed by atoms with E-state index >= 15 is 0 Å². The van der Waals surface area contributed by atoms with Crippen LogP contribution in [0.3, 0.4) is 0 Å². The van der Waals surface area contributed by atoms with Gasteiger partial charge in [0, 0.05) is 56.5 Å². The SMILES string of the molecule is COCCN1CC2(CCCN(C(=O)NCCc3cccs3)C2)CCC1=O. The Morgan fingerprint density at radius 3 is 3.04 bits per heavy atom. The van der Waals surface area contributed by atoms with E-state index in [1.54, 1.807) is 18.4 Å². The van der Waals surface area contributed by atoms with Gasteiger partial charge in [0.15, 0.2) is 0 Å². The number of urea groups is 1. The second-order valence-corrected chi connectivity index (χ2v) is 8.43. The Labute approximate surface area is 159 Å². The van der Waals surface area contributed by atoms with Gasteiger partial charge in [-0.15, -0.1) is 11.3 Å². The summed E-state index contributed by atoms with van der Waals surface area (Å²) in [5.74, 6) is 0.213. The van der Waals surface area contributed by atoms with E-state index < -0.39 is 0 Å². The maximum atomic E-state index is 12.6. The van der Waals surface area contributed by atoms with Gasteiger partial charge in [-0.1, -0.05) is 6.07 Å². The molecule has 1 unspecified atom stereocenters. The number of ether oxygens (including phenoxy) is 1. The van der Waals surface area contributed by atoms with Crippen molar-refractivity contribution < 1.29 is 14.3 Å². The number of nitrogens with one attached hydrogen (secondary N) is 1. The lowest BCUT2D eigenvalue weighted by Crippen LogP contribution is -2.57. The molecule has 1 N–H and O–H groups in total. The van der Waals surface area contributed by atoms with Gasteiger partial charge in [0.2, 0.25) is 5.91 Å². The Morgan fingerprint density at radius 2 is 2.27 bits per heavy atom. The molecule has 6 nitrogen and oxygen atoms in total. The first-order chi connectivity index (χ1) is 12.6. The van der Waals surface area contributed by atoms with Crippen LogP contribution in [-0.2, 0) is 16.0 Å². The number of rotatable bonds is 6. The van der Waals surface area contributed by atoms with E-state index in [-0.39, 0.29) is 17.4 Å². The minimum Gasteiger partial charge on any atom is -0.383 e. The minimum absolute atomic E-state index is 0.0287. The van der Waals surface area contributed by atoms with Crippen molar-refractivity contribution in [2.45, 2.75) is 32.1 Å². The summed E-state index contributed by atoms with van der Waals surface area (Å²) in [6.45, 7) is 4.17. The highest BCUT2D eigenvalue weighted by Gasteiger charge is 2.42. The first-order valence-corrected chi connectivity index (χ1v) is 10.3. The minimum atomic E-state index is 0.0287. The predicted molar refractivity (Wildman–Crippen MR) is 102 cm³/mol. The van der Waals surface area contributed by atoms with Crippen molar-refractivity contribution in [2.24, 2.45) is 5.41 Å². The maximum Gasteiger partial charge on any atom is 0.317 e. The van der Waals surface area contributed by atoms with Crippen molar-refractivity contribution >= 4 is 23.3 Å². The van der Waals surface area contributed by atoms with Crippen LogP contribution in [0.5, 0.6) is 0 Å². The van der Waals surface area contributed by atoms with Crippen LogP contribution < -0.4 is 5.32 Å². The number of nitrogens with zero attached hydrogens (tertiary/aromatic N) is 2. The Hall–Kier alpha value is -1.60. The largest absolute Gasteiger partial charge is 0.383 e. The van der Waals surface area contributed by atoms with Crippen molar-refractivity contribution in [1.29, 1.82) is 0 Å². The van der Waals surface area contributed by atoms with Gasteiger partial charge in [0.1, 0.15) is 0 Å². The van der Waals surface area contributed by atoms with Crippen molar-refractivity contribution in [3.8, 4) is 0 Å². The molecule has 3 heterocycles. The molecule has 2 aliphatic rings. The fourth-order valence-electron chi connectivity index (χ4n) is 4.08. The molecule has 1 aromatic rings. The predicted octanol–water partition coefficient (Wildman–Crippen LogP) is 2.35. The molecular weight excluding hydrogens is 350 g/mol. The third kappa shape index (κ3) is 4.76. The third-order valence-electron chi connectivity index (χ3n) is 5.49. The summed E-state index contributed by atoms with van der Waals surface area (Å²) in [6, 6.07) is 4.16. The zero-order valence-corrected chi connectivity index (χ0v) is 16.4. The summed E-state index contributed by atoms with van der Waals surface area (Å²) >= 11 is 1.72. The number of carbonyl (C=O) groups is 2. The number of thiophene rings is 1. The van der Waals surface area contributed by atoms with E-state index in [1.165, 1.54) is 4.88 Å². The van der Waals surface area contributed by atoms with Crippen molar-refractivity contribution in [2.75, 3.05) is 46.4 Å². The van der Waals surface area contributed by atoms with Crippen molar-refractivity contribution in [3.05, 3.63) is 22.4 Å². The number of hydrogen-bond acceptors (Lipinski definition) is 4. The molecule has 3 rings (SSSR count). The summed E-state index contributed by atoms with van der Waals surface area (Å²) < 4.78 is 5.14. The topological polar surface area (TPSA) is 61.9 Å². The molecule has 1 aromatic heterocycles. The molecule has 1 spiro atoms. The monoisotopic (exact) mass is 379 g/mol. The molecule has 0 radical (unpaired) electrons. The van der Waals surface area contributed by atoms with E-state index in [4.69, 9.17) is 4.74 Å². The molecule has 2 fully saturated rings. The van der Waals surface area contributed by atoms with Gasteiger partial charge >= 0.3 is 6.03 Å². The fraction of sp³-hybridized carbons (Fsp3) is 0.684. The molecule has 1 atom stereocenters. The second kappa shape index (κ2) is 8.86. The normalized spacial score (nSPS) is 23.5. The first kappa shape index (κ1) is 19.2. The molecule has 7 heteroatoms. The van der Waals surface area contributed by atoms with E-state index in [1.807, 2.05) is 15.9 Å². The number of amides is 3. The van der Waals surface area contributed by atoms with Crippen LogP contribution in [0.15, 0.2) is 17.5 Å². The quantitative estimate of drug-likeness (QED) is 0.825. The Morgan fingerprint density at radius 1 is 1.38 bits per heavy atom. The average Bonchev–Trinajstić information content (AvgIpc) is 3.16. The number of likely N-dealkylation sites (tertiary alicyclic amines) is 2. The first-order valence-electron chi connectivity index (χ1n) is 9.44. The summed E-state index contributed by atoms with van der Waals surface area (Å²) in [4.78, 5) is 29.9. The summed E-state index contributed by atoms with van der Waals surface area (Å²) in [5, 5.41) is 5.12. The summed E-state index contributed by atoms with van der Waals surface area (Å²) in [6.07, 6.45) is 4.43. The van der Waals surface area contributed by atoms with E-state index in [0.29, 0.717) is 26.1 Å². The summed E-state index contributed by atoms with van der Waals surface area (Å²) in [5.41, 5.74) is 0.0466. The highest BCUT2D eigenvalue weighted by molar-refractivity contribution is 7.09. The molecule has 2 saturated heterocycles. The molecular formula is C19H29N3O3S. The standard InChI is InChI=1S/C19H29N3O3S/c1-25-12-11-21-14-19(8-5-17(21)23)7-3-10-22(15-19)18(24)20-9-6-16-4-2-13-26-16/h2,4,13H,3,5-12,14-15H2,1H3,(H,20,24). The van der Waals surface area contributed by atoms with Crippen molar-refractivity contribution in [3.63, 3.8) is 0 Å². The Balaban J connectivity index is 1.52. The van der Waals surface area contributed by atoms with Gasteiger partial charge < -0.3 is 19.9 Å². The van der Waals surface area contributed by atoms with Crippen LogP contribution in [-0.4, -0.2) is 68.2 Å². The van der Waals surface area contributed by atoms with Gasteiger partial charge in [-0.2, -0.15) is 0 Å². The Kier molecular flexibility index (Phi) is 6.53. The van der Waals surface area contributed by atoms with E-state index in [9.17, 15) is 9.59 Å². The van der Waals surface area contributed by atoms with Gasteiger partial charge in [-0.25, -0.2) is 4.79 Å². The van der Waals surface area contributed by atoms with Crippen molar-refractivity contribution in [1.82, 2.24) is 15.1 Å². The number of piperidine rings is 2. The van der Waals surface area contributed by atoms with Gasteiger partial charge in [0.25, 0.3) is 0 Å². The van der Waals surface area contributed by atoms with Crippen LogP contribution in [0.25, 0.3) is 0 Å². The lowest BCUT2D eigenvalue weighted by Gasteiger charge is -2.48. The highest BCUT2D eigenvalue weighted by atomic mass is 32.1. The molecule has 0 bridgehead atoms. The van der Waals surface area contributed by atoms with E-state index in [0.717, 1.165) is 45.3 Å². The summed E-state index contributed by atoms with van der Waals surface area (Å²) in [7, 11) is 1.66. The molecule has 0 saturated carbocycles. The smallest absolute Gasteiger partial charge is 0.317 e. The van der Waals surface area contributed by atoms with Crippen LogP contribution >= 0.6 is 11.3 Å². The van der Waals surface area contributed by atoms with Crippen LogP contribution in [0.1, 0.15) is 30.6 Å². The zero-order valence-electron chi connectivity index (χ0n) is 15.5.